The summed E-state index contributed by atoms with van der Waals surface area (Å²) in [7, 11) is 1.70. The lowest BCUT2D eigenvalue weighted by Gasteiger charge is -2.15. The van der Waals surface area contributed by atoms with Crippen LogP contribution in [0.25, 0.3) is 0 Å². The largest absolute Gasteiger partial charge is 0.376 e. The van der Waals surface area contributed by atoms with E-state index in [9.17, 15) is 4.79 Å². The first kappa shape index (κ1) is 15.7. The fraction of sp³-hybridized carbons (Fsp3) is 0.429. The van der Waals surface area contributed by atoms with E-state index in [0.717, 1.165) is 10.0 Å². The van der Waals surface area contributed by atoms with Gasteiger partial charge in [-0.25, -0.2) is 0 Å². The second kappa shape index (κ2) is 8.68. The number of amides is 1. The second-order valence-electron chi connectivity index (χ2n) is 4.16. The molecule has 5 heteroatoms. The molecule has 0 spiro atoms. The average molecular weight is 325 g/mol. The molecule has 102 valence electrons. The van der Waals surface area contributed by atoms with Gasteiger partial charge in [0.1, 0.15) is 0 Å². The van der Waals surface area contributed by atoms with Crippen molar-refractivity contribution in [2.45, 2.75) is 19.4 Å². The predicted molar refractivity (Wildman–Crippen MR) is 76.3 cm³/mol. The van der Waals surface area contributed by atoms with Gasteiger partial charge in [0.25, 0.3) is 0 Å². The molecule has 1 rings (SSSR count). The highest BCUT2D eigenvalue weighted by atomic mass is 79.9. The Morgan fingerprint density at radius 2 is 2.32 bits per heavy atom. The third-order valence-corrected chi connectivity index (χ3v) is 3.10. The van der Waals surface area contributed by atoms with Crippen LogP contribution in [-0.2, 0) is 16.1 Å². The van der Waals surface area contributed by atoms with Crippen LogP contribution in [0, 0.1) is 11.3 Å². The summed E-state index contributed by atoms with van der Waals surface area (Å²) in [6.45, 7) is 1.36. The van der Waals surface area contributed by atoms with Gasteiger partial charge >= 0.3 is 0 Å². The van der Waals surface area contributed by atoms with E-state index in [1.807, 2.05) is 30.3 Å². The molecule has 0 atom stereocenters. The molecule has 0 bridgehead atoms. The molecule has 0 fully saturated rings. The van der Waals surface area contributed by atoms with E-state index >= 15 is 0 Å². The van der Waals surface area contributed by atoms with Crippen LogP contribution < -0.4 is 0 Å². The molecule has 1 amide bonds. The molecule has 1 aromatic rings. The normalized spacial score (nSPS) is 9.95. The van der Waals surface area contributed by atoms with Gasteiger partial charge in [-0.3, -0.25) is 4.79 Å². The summed E-state index contributed by atoms with van der Waals surface area (Å²) >= 11 is 3.39. The highest BCUT2D eigenvalue weighted by Crippen LogP contribution is 2.12. The van der Waals surface area contributed by atoms with Crippen LogP contribution in [0.2, 0.25) is 0 Å². The number of nitriles is 1. The zero-order valence-electron chi connectivity index (χ0n) is 10.9. The Hall–Kier alpha value is -1.38. The van der Waals surface area contributed by atoms with E-state index in [1.165, 1.54) is 0 Å². The Bertz CT molecular complexity index is 457. The zero-order valence-corrected chi connectivity index (χ0v) is 12.5. The summed E-state index contributed by atoms with van der Waals surface area (Å²) in [5, 5.41) is 8.44. The molecule has 0 aliphatic rings. The molecule has 0 radical (unpaired) electrons. The van der Waals surface area contributed by atoms with Crippen LogP contribution in [0.4, 0.5) is 0 Å². The number of rotatable bonds is 7. The predicted octanol–water partition coefficient (Wildman–Crippen LogP) is 2.73. The van der Waals surface area contributed by atoms with Gasteiger partial charge in [-0.2, -0.15) is 5.26 Å². The van der Waals surface area contributed by atoms with Crippen LogP contribution in [0.5, 0.6) is 0 Å². The van der Waals surface area contributed by atoms with Crippen LogP contribution in [0.15, 0.2) is 28.7 Å². The van der Waals surface area contributed by atoms with Crippen molar-refractivity contribution in [1.82, 2.24) is 4.90 Å². The van der Waals surface area contributed by atoms with Gasteiger partial charge in [0.05, 0.1) is 32.1 Å². The maximum atomic E-state index is 11.6. The molecule has 0 aliphatic carbocycles. The topological polar surface area (TPSA) is 53.3 Å². The number of ether oxygens (including phenoxy) is 1. The number of halogens is 1. The third kappa shape index (κ3) is 6.37. The summed E-state index contributed by atoms with van der Waals surface area (Å²) in [4.78, 5) is 13.2. The van der Waals surface area contributed by atoms with Crippen molar-refractivity contribution in [2.24, 2.45) is 0 Å². The first-order chi connectivity index (χ1) is 9.13. The van der Waals surface area contributed by atoms with Crippen molar-refractivity contribution in [3.05, 3.63) is 34.3 Å². The van der Waals surface area contributed by atoms with E-state index in [4.69, 9.17) is 10.00 Å². The van der Waals surface area contributed by atoms with Crippen molar-refractivity contribution in [3.8, 4) is 6.07 Å². The van der Waals surface area contributed by atoms with Gasteiger partial charge in [0.2, 0.25) is 5.91 Å². The monoisotopic (exact) mass is 324 g/mol. The molecule has 0 heterocycles. The number of hydrogen-bond acceptors (Lipinski definition) is 3. The number of carbonyl (C=O) groups is 1. The molecule has 19 heavy (non-hydrogen) atoms. The van der Waals surface area contributed by atoms with Crippen LogP contribution in [-0.4, -0.2) is 31.0 Å². The molecular weight excluding hydrogens is 308 g/mol. The van der Waals surface area contributed by atoms with E-state index in [-0.39, 0.29) is 5.91 Å². The molecule has 0 saturated heterocycles. The number of nitrogens with zero attached hydrogens (tertiary/aromatic N) is 2. The maximum absolute atomic E-state index is 11.6. The molecule has 0 aliphatic heterocycles. The summed E-state index contributed by atoms with van der Waals surface area (Å²) in [6, 6.07) is 9.89. The maximum Gasteiger partial charge on any atom is 0.224 e. The van der Waals surface area contributed by atoms with E-state index < -0.39 is 0 Å². The van der Waals surface area contributed by atoms with Crippen LogP contribution in [0.3, 0.4) is 0 Å². The molecule has 0 saturated carbocycles. The highest BCUT2D eigenvalue weighted by molar-refractivity contribution is 9.10. The summed E-state index contributed by atoms with van der Waals surface area (Å²) in [5.41, 5.74) is 1.07. The standard InChI is InChI=1S/C14H17BrN2O2/c1-17(8-3-7-16)14(18)6-9-19-11-12-4-2-5-13(15)10-12/h2,4-5,10H,3,6,8-9,11H2,1H3. The van der Waals surface area contributed by atoms with Gasteiger partial charge in [0.15, 0.2) is 0 Å². The molecule has 0 unspecified atom stereocenters. The number of carbonyl (C=O) groups excluding carboxylic acids is 1. The van der Waals surface area contributed by atoms with Crippen LogP contribution in [0.1, 0.15) is 18.4 Å². The lowest BCUT2D eigenvalue weighted by molar-refractivity contribution is -0.131. The Balaban J connectivity index is 2.20. The fourth-order valence-electron chi connectivity index (χ4n) is 1.51. The van der Waals surface area contributed by atoms with Crippen molar-refractivity contribution in [3.63, 3.8) is 0 Å². The van der Waals surface area contributed by atoms with Gasteiger partial charge in [-0.1, -0.05) is 28.1 Å². The zero-order chi connectivity index (χ0) is 14.1. The Labute approximate surface area is 122 Å². The molecule has 1 aromatic carbocycles. The lowest BCUT2D eigenvalue weighted by atomic mass is 10.2. The third-order valence-electron chi connectivity index (χ3n) is 2.60. The second-order valence-corrected chi connectivity index (χ2v) is 5.07. The number of hydrogen-bond donors (Lipinski definition) is 0. The quantitative estimate of drug-likeness (QED) is 0.724. The molecule has 0 N–H and O–H groups in total. The Morgan fingerprint density at radius 1 is 1.53 bits per heavy atom. The van der Waals surface area contributed by atoms with Gasteiger partial charge in [-0.05, 0) is 17.7 Å². The Kier molecular flexibility index (Phi) is 7.16. The average Bonchev–Trinajstić information content (AvgIpc) is 2.40. The van der Waals surface area contributed by atoms with Gasteiger partial charge in [-0.15, -0.1) is 0 Å². The minimum absolute atomic E-state index is 0.00416. The smallest absolute Gasteiger partial charge is 0.224 e. The van der Waals surface area contributed by atoms with E-state index in [2.05, 4.69) is 15.9 Å². The van der Waals surface area contributed by atoms with Crippen molar-refractivity contribution in [1.29, 1.82) is 5.26 Å². The molecule has 0 aromatic heterocycles. The van der Waals surface area contributed by atoms with Gasteiger partial charge in [0, 0.05) is 18.1 Å². The number of benzene rings is 1. The summed E-state index contributed by atoms with van der Waals surface area (Å²) in [6.07, 6.45) is 0.705. The van der Waals surface area contributed by atoms with E-state index in [1.54, 1.807) is 11.9 Å². The highest BCUT2D eigenvalue weighted by Gasteiger charge is 2.07. The minimum atomic E-state index is 0.00416. The van der Waals surface area contributed by atoms with Crippen molar-refractivity contribution < 1.29 is 9.53 Å². The van der Waals surface area contributed by atoms with Crippen molar-refractivity contribution >= 4 is 21.8 Å². The fourth-order valence-corrected chi connectivity index (χ4v) is 1.96. The first-order valence-electron chi connectivity index (χ1n) is 6.06. The van der Waals surface area contributed by atoms with E-state index in [0.29, 0.717) is 32.6 Å². The molecule has 4 nitrogen and oxygen atoms in total. The van der Waals surface area contributed by atoms with Crippen molar-refractivity contribution in [2.75, 3.05) is 20.2 Å². The summed E-state index contributed by atoms with van der Waals surface area (Å²) < 4.78 is 6.48. The Morgan fingerprint density at radius 3 is 3.00 bits per heavy atom. The molecular formula is C14H17BrN2O2. The lowest BCUT2D eigenvalue weighted by Crippen LogP contribution is -2.28. The SMILES string of the molecule is CN(CCC#N)C(=O)CCOCc1cccc(Br)c1. The first-order valence-corrected chi connectivity index (χ1v) is 6.86. The minimum Gasteiger partial charge on any atom is -0.376 e. The van der Waals surface area contributed by atoms with Crippen LogP contribution >= 0.6 is 15.9 Å². The van der Waals surface area contributed by atoms with Gasteiger partial charge < -0.3 is 9.64 Å². The summed E-state index contributed by atoms with van der Waals surface area (Å²) in [5.74, 6) is 0.00416.